The molecule has 0 aliphatic carbocycles. The van der Waals surface area contributed by atoms with Crippen LogP contribution in [0.25, 0.3) is 22.3 Å². The Morgan fingerprint density at radius 1 is 0.656 bits per heavy atom. The monoisotopic (exact) mass is 422 g/mol. The van der Waals surface area contributed by atoms with Crippen LogP contribution in [-0.4, -0.2) is 19.7 Å². The molecule has 0 N–H and O–H groups in total. The first kappa shape index (κ1) is 21.4. The molecule has 0 fully saturated rings. The van der Waals surface area contributed by atoms with E-state index in [1.54, 1.807) is 0 Å². The standard InChI is InChI=1S/C29H26O3/c1-31-29(30)21-32-26-14-8-9-22(19-26)15-16-23-17-18-27(24-10-4-2-5-11-24)28(20-23)25-12-6-3-7-13-25/h2-14,17-20H,15-16,21H2,1H3. The zero-order chi connectivity index (χ0) is 22.2. The lowest BCUT2D eigenvalue weighted by Crippen LogP contribution is -2.12. The van der Waals surface area contributed by atoms with Crippen molar-refractivity contribution in [1.29, 1.82) is 0 Å². The molecule has 0 radical (unpaired) electrons. The van der Waals surface area contributed by atoms with Crippen LogP contribution in [0, 0.1) is 0 Å². The number of aryl methyl sites for hydroxylation is 2. The van der Waals surface area contributed by atoms with Gasteiger partial charge in [0.1, 0.15) is 5.75 Å². The molecule has 0 amide bonds. The summed E-state index contributed by atoms with van der Waals surface area (Å²) in [6.45, 7) is -0.0820. The van der Waals surface area contributed by atoms with E-state index < -0.39 is 0 Å². The van der Waals surface area contributed by atoms with Gasteiger partial charge in [-0.15, -0.1) is 0 Å². The van der Waals surface area contributed by atoms with E-state index in [1.807, 2.05) is 30.3 Å². The van der Waals surface area contributed by atoms with Crippen molar-refractivity contribution in [2.75, 3.05) is 13.7 Å². The molecular formula is C29H26O3. The van der Waals surface area contributed by atoms with Gasteiger partial charge in [0.2, 0.25) is 0 Å². The summed E-state index contributed by atoms with van der Waals surface area (Å²) in [6.07, 6.45) is 1.80. The van der Waals surface area contributed by atoms with Crippen LogP contribution in [0.2, 0.25) is 0 Å². The van der Waals surface area contributed by atoms with Gasteiger partial charge in [0.25, 0.3) is 0 Å². The molecule has 0 unspecified atom stereocenters. The fraction of sp³-hybridized carbons (Fsp3) is 0.138. The third-order valence-electron chi connectivity index (χ3n) is 5.44. The Balaban J connectivity index is 1.54. The first-order valence-electron chi connectivity index (χ1n) is 10.8. The summed E-state index contributed by atoms with van der Waals surface area (Å²) >= 11 is 0. The number of benzene rings is 4. The molecule has 0 aliphatic heterocycles. The van der Waals surface area contributed by atoms with Crippen molar-refractivity contribution in [2.45, 2.75) is 12.8 Å². The summed E-state index contributed by atoms with van der Waals surface area (Å²) in [4.78, 5) is 11.3. The normalized spacial score (nSPS) is 10.5. The summed E-state index contributed by atoms with van der Waals surface area (Å²) in [5, 5.41) is 0. The molecular weight excluding hydrogens is 396 g/mol. The summed E-state index contributed by atoms with van der Waals surface area (Å²) in [7, 11) is 1.36. The second-order valence-corrected chi connectivity index (χ2v) is 7.62. The maximum atomic E-state index is 11.3. The lowest BCUT2D eigenvalue weighted by atomic mass is 9.91. The van der Waals surface area contributed by atoms with Crippen molar-refractivity contribution in [3.63, 3.8) is 0 Å². The van der Waals surface area contributed by atoms with Gasteiger partial charge >= 0.3 is 5.97 Å². The van der Waals surface area contributed by atoms with Gasteiger partial charge in [0, 0.05) is 0 Å². The van der Waals surface area contributed by atoms with Crippen LogP contribution in [0.5, 0.6) is 5.75 Å². The van der Waals surface area contributed by atoms with Crippen molar-refractivity contribution in [2.24, 2.45) is 0 Å². The van der Waals surface area contributed by atoms with Gasteiger partial charge in [0.15, 0.2) is 6.61 Å². The molecule has 0 aliphatic rings. The predicted molar refractivity (Wildman–Crippen MR) is 129 cm³/mol. The molecule has 160 valence electrons. The lowest BCUT2D eigenvalue weighted by molar-refractivity contribution is -0.142. The van der Waals surface area contributed by atoms with Crippen molar-refractivity contribution in [3.8, 4) is 28.0 Å². The van der Waals surface area contributed by atoms with Gasteiger partial charge in [-0.2, -0.15) is 0 Å². The lowest BCUT2D eigenvalue weighted by Gasteiger charge is -2.13. The van der Waals surface area contributed by atoms with Crippen LogP contribution in [0.3, 0.4) is 0 Å². The Labute approximate surface area is 189 Å². The van der Waals surface area contributed by atoms with Crippen LogP contribution < -0.4 is 4.74 Å². The van der Waals surface area contributed by atoms with E-state index in [0.29, 0.717) is 5.75 Å². The van der Waals surface area contributed by atoms with E-state index in [2.05, 4.69) is 77.5 Å². The molecule has 3 heteroatoms. The minimum Gasteiger partial charge on any atom is -0.482 e. The van der Waals surface area contributed by atoms with Crippen molar-refractivity contribution >= 4 is 5.97 Å². The molecule has 0 heterocycles. The predicted octanol–water partition coefficient (Wildman–Crippen LogP) is 6.36. The van der Waals surface area contributed by atoms with Gasteiger partial charge in [-0.3, -0.25) is 0 Å². The summed E-state index contributed by atoms with van der Waals surface area (Å²) in [6, 6.07) is 35.7. The largest absolute Gasteiger partial charge is 0.482 e. The average Bonchev–Trinajstić information content (AvgIpc) is 2.87. The van der Waals surface area contributed by atoms with Gasteiger partial charge in [0.05, 0.1) is 7.11 Å². The molecule has 0 saturated carbocycles. The highest BCUT2D eigenvalue weighted by atomic mass is 16.6. The second-order valence-electron chi connectivity index (χ2n) is 7.62. The second kappa shape index (κ2) is 10.5. The van der Waals surface area contributed by atoms with Gasteiger partial charge in [-0.05, 0) is 58.4 Å². The van der Waals surface area contributed by atoms with Gasteiger partial charge in [-0.25, -0.2) is 4.79 Å². The average molecular weight is 423 g/mol. The Kier molecular flexibility index (Phi) is 6.98. The molecule has 32 heavy (non-hydrogen) atoms. The number of ether oxygens (including phenoxy) is 2. The highest BCUT2D eigenvalue weighted by Gasteiger charge is 2.09. The molecule has 4 aromatic carbocycles. The minimum atomic E-state index is -0.387. The Bertz CT molecular complexity index is 1170. The number of hydrogen-bond acceptors (Lipinski definition) is 3. The third-order valence-corrected chi connectivity index (χ3v) is 5.44. The van der Waals surface area contributed by atoms with Crippen LogP contribution in [0.4, 0.5) is 0 Å². The molecule has 0 spiro atoms. The number of methoxy groups -OCH3 is 1. The topological polar surface area (TPSA) is 35.5 Å². The Morgan fingerprint density at radius 2 is 1.28 bits per heavy atom. The maximum absolute atomic E-state index is 11.3. The minimum absolute atomic E-state index is 0.0820. The van der Waals surface area contributed by atoms with E-state index in [1.165, 1.54) is 40.5 Å². The van der Waals surface area contributed by atoms with Crippen LogP contribution in [0.1, 0.15) is 11.1 Å². The highest BCUT2D eigenvalue weighted by Crippen LogP contribution is 2.33. The number of esters is 1. The summed E-state index contributed by atoms with van der Waals surface area (Å²) < 4.78 is 10.2. The molecule has 0 atom stereocenters. The molecule has 4 rings (SSSR count). The van der Waals surface area contributed by atoms with E-state index in [-0.39, 0.29) is 12.6 Å². The zero-order valence-electron chi connectivity index (χ0n) is 18.2. The fourth-order valence-corrected chi connectivity index (χ4v) is 3.75. The number of carbonyl (C=O) groups excluding carboxylic acids is 1. The number of carbonyl (C=O) groups is 1. The quantitative estimate of drug-likeness (QED) is 0.310. The smallest absolute Gasteiger partial charge is 0.343 e. The number of rotatable bonds is 8. The van der Waals surface area contributed by atoms with Crippen LogP contribution in [-0.2, 0) is 22.4 Å². The molecule has 0 bridgehead atoms. The van der Waals surface area contributed by atoms with Crippen LogP contribution >= 0.6 is 0 Å². The van der Waals surface area contributed by atoms with E-state index in [4.69, 9.17) is 4.74 Å². The fourth-order valence-electron chi connectivity index (χ4n) is 3.75. The molecule has 4 aromatic rings. The maximum Gasteiger partial charge on any atom is 0.343 e. The van der Waals surface area contributed by atoms with E-state index in [9.17, 15) is 4.79 Å². The third kappa shape index (κ3) is 5.44. The highest BCUT2D eigenvalue weighted by molar-refractivity contribution is 5.83. The Morgan fingerprint density at radius 3 is 1.94 bits per heavy atom. The van der Waals surface area contributed by atoms with Gasteiger partial charge < -0.3 is 9.47 Å². The SMILES string of the molecule is COC(=O)COc1cccc(CCc2ccc(-c3ccccc3)c(-c3ccccc3)c2)c1. The molecule has 0 saturated heterocycles. The van der Waals surface area contributed by atoms with Crippen molar-refractivity contribution in [3.05, 3.63) is 114 Å². The summed E-state index contributed by atoms with van der Waals surface area (Å²) in [5.74, 6) is 0.291. The van der Waals surface area contributed by atoms with E-state index >= 15 is 0 Å². The van der Waals surface area contributed by atoms with Crippen LogP contribution in [0.15, 0.2) is 103 Å². The number of hydrogen-bond donors (Lipinski definition) is 0. The first-order valence-corrected chi connectivity index (χ1v) is 10.8. The van der Waals surface area contributed by atoms with Gasteiger partial charge in [-0.1, -0.05) is 91.0 Å². The van der Waals surface area contributed by atoms with Crippen molar-refractivity contribution in [1.82, 2.24) is 0 Å². The molecule has 0 aromatic heterocycles. The first-order chi connectivity index (χ1) is 15.7. The summed E-state index contributed by atoms with van der Waals surface area (Å²) in [5.41, 5.74) is 7.35. The van der Waals surface area contributed by atoms with Crippen molar-refractivity contribution < 1.29 is 14.3 Å². The zero-order valence-corrected chi connectivity index (χ0v) is 18.2. The molecule has 3 nitrogen and oxygen atoms in total. The Hall–Kier alpha value is -3.85. The van der Waals surface area contributed by atoms with E-state index in [0.717, 1.165) is 12.8 Å².